The lowest BCUT2D eigenvalue weighted by atomic mass is 10.0. The van der Waals surface area contributed by atoms with E-state index in [1.165, 1.54) is 23.2 Å². The van der Waals surface area contributed by atoms with Gasteiger partial charge in [0.15, 0.2) is 0 Å². The fraction of sp³-hybridized carbons (Fsp3) is 0.269. The van der Waals surface area contributed by atoms with Gasteiger partial charge >= 0.3 is 0 Å². The highest BCUT2D eigenvalue weighted by molar-refractivity contribution is 5.94. The summed E-state index contributed by atoms with van der Waals surface area (Å²) in [5.74, 6) is 0.763. The van der Waals surface area contributed by atoms with E-state index in [-0.39, 0.29) is 5.91 Å². The van der Waals surface area contributed by atoms with Crippen LogP contribution in [0.2, 0.25) is 0 Å². The lowest BCUT2D eigenvalue weighted by Crippen LogP contribution is -2.28. The molecule has 0 spiro atoms. The van der Waals surface area contributed by atoms with E-state index in [1.807, 2.05) is 43.3 Å². The second-order valence-corrected chi connectivity index (χ2v) is 7.61. The van der Waals surface area contributed by atoms with Gasteiger partial charge < -0.3 is 15.0 Å². The predicted molar refractivity (Wildman–Crippen MR) is 121 cm³/mol. The minimum Gasteiger partial charge on any atom is -0.494 e. The number of rotatable bonds is 7. The molecule has 30 heavy (non-hydrogen) atoms. The minimum atomic E-state index is -0.0633. The maximum Gasteiger partial charge on any atom is 0.251 e. The molecule has 0 unspecified atom stereocenters. The number of nitrogens with one attached hydrogen (secondary N) is 1. The predicted octanol–water partition coefficient (Wildman–Crippen LogP) is 4.97. The van der Waals surface area contributed by atoms with E-state index in [9.17, 15) is 4.79 Å². The van der Waals surface area contributed by atoms with Gasteiger partial charge in [-0.2, -0.15) is 0 Å². The van der Waals surface area contributed by atoms with E-state index in [4.69, 9.17) is 4.74 Å². The van der Waals surface area contributed by atoms with Gasteiger partial charge in [-0.1, -0.05) is 42.5 Å². The van der Waals surface area contributed by atoms with Gasteiger partial charge in [0.1, 0.15) is 5.75 Å². The first kappa shape index (κ1) is 20.0. The molecule has 0 saturated heterocycles. The van der Waals surface area contributed by atoms with Crippen molar-refractivity contribution < 1.29 is 9.53 Å². The summed E-state index contributed by atoms with van der Waals surface area (Å²) >= 11 is 0. The van der Waals surface area contributed by atoms with Gasteiger partial charge in [-0.05, 0) is 66.8 Å². The van der Waals surface area contributed by atoms with Crippen molar-refractivity contribution in [3.63, 3.8) is 0 Å². The van der Waals surface area contributed by atoms with Crippen LogP contribution in [0.3, 0.4) is 0 Å². The molecule has 3 aromatic rings. The summed E-state index contributed by atoms with van der Waals surface area (Å²) in [4.78, 5) is 15.0. The van der Waals surface area contributed by atoms with Crippen LogP contribution in [0.4, 0.5) is 5.69 Å². The van der Waals surface area contributed by atoms with E-state index in [2.05, 4.69) is 46.6 Å². The van der Waals surface area contributed by atoms with Gasteiger partial charge in [-0.15, -0.1) is 0 Å². The van der Waals surface area contributed by atoms with Crippen molar-refractivity contribution in [3.8, 4) is 5.75 Å². The number of amides is 1. The van der Waals surface area contributed by atoms with Gasteiger partial charge in [-0.25, -0.2) is 0 Å². The van der Waals surface area contributed by atoms with Crippen molar-refractivity contribution >= 4 is 11.6 Å². The molecule has 1 aliphatic heterocycles. The van der Waals surface area contributed by atoms with Crippen LogP contribution >= 0.6 is 0 Å². The highest BCUT2D eigenvalue weighted by atomic mass is 16.5. The molecule has 1 N–H and O–H groups in total. The number of fused-ring (bicyclic) bond motifs is 1. The maximum atomic E-state index is 12.5. The molecule has 1 heterocycles. The Kier molecular flexibility index (Phi) is 6.33. The number of carbonyl (C=O) groups is 1. The number of carbonyl (C=O) groups excluding carboxylic acids is 1. The summed E-state index contributed by atoms with van der Waals surface area (Å²) < 4.78 is 5.52. The molecule has 0 radical (unpaired) electrons. The highest BCUT2D eigenvalue weighted by Crippen LogP contribution is 2.28. The Balaban J connectivity index is 1.35. The molecule has 4 heteroatoms. The lowest BCUT2D eigenvalue weighted by molar-refractivity contribution is 0.0951. The summed E-state index contributed by atoms with van der Waals surface area (Å²) in [7, 11) is 0. The highest BCUT2D eigenvalue weighted by Gasteiger charge is 2.16. The molecule has 0 bridgehead atoms. The summed E-state index contributed by atoms with van der Waals surface area (Å²) in [6, 6.07) is 24.4. The monoisotopic (exact) mass is 400 g/mol. The summed E-state index contributed by atoms with van der Waals surface area (Å²) in [6.45, 7) is 5.00. The largest absolute Gasteiger partial charge is 0.494 e. The zero-order valence-electron chi connectivity index (χ0n) is 17.4. The molecule has 0 atom stereocenters. The first-order chi connectivity index (χ1) is 14.7. The number of aryl methyl sites for hydroxylation is 1. The number of benzene rings is 3. The van der Waals surface area contributed by atoms with E-state index >= 15 is 0 Å². The maximum absolute atomic E-state index is 12.5. The van der Waals surface area contributed by atoms with Crippen LogP contribution in [0, 0.1) is 0 Å². The van der Waals surface area contributed by atoms with Gasteiger partial charge in [0.2, 0.25) is 0 Å². The Morgan fingerprint density at radius 3 is 2.67 bits per heavy atom. The molecule has 4 nitrogen and oxygen atoms in total. The van der Waals surface area contributed by atoms with E-state index < -0.39 is 0 Å². The van der Waals surface area contributed by atoms with E-state index in [0.29, 0.717) is 18.7 Å². The van der Waals surface area contributed by atoms with Gasteiger partial charge in [-0.3, -0.25) is 4.79 Å². The summed E-state index contributed by atoms with van der Waals surface area (Å²) in [5.41, 5.74) is 5.68. The average molecular weight is 401 g/mol. The molecule has 4 rings (SSSR count). The second kappa shape index (κ2) is 9.49. The van der Waals surface area contributed by atoms with E-state index in [0.717, 1.165) is 30.8 Å². The van der Waals surface area contributed by atoms with E-state index in [1.54, 1.807) is 0 Å². The third-order valence-electron chi connectivity index (χ3n) is 5.46. The second-order valence-electron chi connectivity index (χ2n) is 7.61. The SMILES string of the molecule is CCOc1cccc(CNC(=O)c2ccc(CN3CCCc4ccccc43)cc2)c1. The molecular formula is C26H28N2O2. The molecular weight excluding hydrogens is 372 g/mol. The topological polar surface area (TPSA) is 41.6 Å². The zero-order chi connectivity index (χ0) is 20.8. The third kappa shape index (κ3) is 4.82. The number of para-hydroxylation sites is 1. The molecule has 0 saturated carbocycles. The zero-order valence-corrected chi connectivity index (χ0v) is 17.4. The summed E-state index contributed by atoms with van der Waals surface area (Å²) in [6.07, 6.45) is 2.33. The Labute approximate surface area is 178 Å². The molecule has 0 fully saturated rings. The Morgan fingerprint density at radius 2 is 1.83 bits per heavy atom. The van der Waals surface area contributed by atoms with Gasteiger partial charge in [0, 0.05) is 30.9 Å². The average Bonchev–Trinajstić information content (AvgIpc) is 2.79. The van der Waals surface area contributed by atoms with Crippen LogP contribution in [0.25, 0.3) is 0 Å². The lowest BCUT2D eigenvalue weighted by Gasteiger charge is -2.31. The Hall–Kier alpha value is -3.27. The van der Waals surface area contributed by atoms with Crippen molar-refractivity contribution in [2.24, 2.45) is 0 Å². The van der Waals surface area contributed by atoms with Crippen LogP contribution < -0.4 is 15.0 Å². The van der Waals surface area contributed by atoms with Crippen molar-refractivity contribution in [1.82, 2.24) is 5.32 Å². The van der Waals surface area contributed by atoms with Crippen molar-refractivity contribution in [2.75, 3.05) is 18.1 Å². The van der Waals surface area contributed by atoms with Crippen LogP contribution in [-0.4, -0.2) is 19.1 Å². The third-order valence-corrected chi connectivity index (χ3v) is 5.46. The van der Waals surface area contributed by atoms with Crippen LogP contribution in [0.15, 0.2) is 72.8 Å². The number of nitrogens with zero attached hydrogens (tertiary/aromatic N) is 1. The van der Waals surface area contributed by atoms with Crippen molar-refractivity contribution in [2.45, 2.75) is 32.9 Å². The molecule has 0 aromatic heterocycles. The van der Waals surface area contributed by atoms with Gasteiger partial charge in [0.25, 0.3) is 5.91 Å². The number of hydrogen-bond acceptors (Lipinski definition) is 3. The van der Waals surface area contributed by atoms with Crippen molar-refractivity contribution in [3.05, 3.63) is 95.1 Å². The molecule has 1 aliphatic rings. The quantitative estimate of drug-likeness (QED) is 0.609. The fourth-order valence-corrected chi connectivity index (χ4v) is 3.95. The number of ether oxygens (including phenoxy) is 1. The molecule has 3 aromatic carbocycles. The smallest absolute Gasteiger partial charge is 0.251 e. The first-order valence-corrected chi connectivity index (χ1v) is 10.6. The van der Waals surface area contributed by atoms with Crippen LogP contribution in [-0.2, 0) is 19.5 Å². The van der Waals surface area contributed by atoms with Gasteiger partial charge in [0.05, 0.1) is 6.61 Å². The number of anilines is 1. The molecule has 154 valence electrons. The minimum absolute atomic E-state index is 0.0633. The molecule has 0 aliphatic carbocycles. The summed E-state index contributed by atoms with van der Waals surface area (Å²) in [5, 5.41) is 2.99. The van der Waals surface area contributed by atoms with Crippen molar-refractivity contribution in [1.29, 1.82) is 0 Å². The number of hydrogen-bond donors (Lipinski definition) is 1. The van der Waals surface area contributed by atoms with Crippen LogP contribution in [0.1, 0.15) is 40.4 Å². The first-order valence-electron chi connectivity index (χ1n) is 10.6. The molecule has 1 amide bonds. The standard InChI is InChI=1S/C26H28N2O2/c1-2-30-24-10-5-7-21(17-24)18-27-26(29)23-14-12-20(13-15-23)19-28-16-6-9-22-8-3-4-11-25(22)28/h3-5,7-8,10-15,17H,2,6,9,16,18-19H2,1H3,(H,27,29). The Morgan fingerprint density at radius 1 is 1.00 bits per heavy atom. The van der Waals surface area contributed by atoms with Crippen LogP contribution in [0.5, 0.6) is 5.75 Å². The normalized spacial score (nSPS) is 12.9. The Bertz CT molecular complexity index is 998. The fourth-order valence-electron chi connectivity index (χ4n) is 3.95.